The summed E-state index contributed by atoms with van der Waals surface area (Å²) in [5.74, 6) is 0.0185. The van der Waals surface area contributed by atoms with Crippen LogP contribution in [-0.4, -0.2) is 58.9 Å². The lowest BCUT2D eigenvalue weighted by molar-refractivity contribution is -0.161. The average molecular weight is 356 g/mol. The number of nitrogens with zero attached hydrogens (tertiary/aromatic N) is 2. The number of anilines is 1. The SMILES string of the molecule is Cc1ccc(NC(=O)N[C@H]2CCN3C(=O)[C@H]4CCCCN4C(=O)[C@H]23)cc1. The first-order valence-corrected chi connectivity index (χ1v) is 9.30. The van der Waals surface area contributed by atoms with Crippen LogP contribution in [0.5, 0.6) is 0 Å². The Bertz CT molecular complexity index is 733. The zero-order chi connectivity index (χ0) is 18.3. The second-order valence-electron chi connectivity index (χ2n) is 7.38. The Morgan fingerprint density at radius 3 is 2.54 bits per heavy atom. The number of fused-ring (bicyclic) bond motifs is 2. The van der Waals surface area contributed by atoms with Crippen LogP contribution in [0.3, 0.4) is 0 Å². The van der Waals surface area contributed by atoms with Crippen molar-refractivity contribution in [2.75, 3.05) is 18.4 Å². The van der Waals surface area contributed by atoms with Gasteiger partial charge in [-0.2, -0.15) is 0 Å². The Morgan fingerprint density at radius 2 is 1.77 bits per heavy atom. The van der Waals surface area contributed by atoms with Crippen molar-refractivity contribution < 1.29 is 14.4 Å². The van der Waals surface area contributed by atoms with Crippen molar-refractivity contribution in [3.63, 3.8) is 0 Å². The first-order chi connectivity index (χ1) is 12.5. The number of nitrogens with one attached hydrogen (secondary N) is 2. The van der Waals surface area contributed by atoms with Crippen molar-refractivity contribution in [1.82, 2.24) is 15.1 Å². The number of piperazine rings is 1. The topological polar surface area (TPSA) is 81.8 Å². The second-order valence-corrected chi connectivity index (χ2v) is 7.38. The van der Waals surface area contributed by atoms with Gasteiger partial charge in [-0.1, -0.05) is 17.7 Å². The highest BCUT2D eigenvalue weighted by Gasteiger charge is 2.52. The molecule has 3 heterocycles. The Hall–Kier alpha value is -2.57. The van der Waals surface area contributed by atoms with E-state index in [0.29, 0.717) is 25.2 Å². The summed E-state index contributed by atoms with van der Waals surface area (Å²) in [6.07, 6.45) is 3.28. The Kier molecular flexibility index (Phi) is 4.30. The lowest BCUT2D eigenvalue weighted by Crippen LogP contribution is -2.67. The van der Waals surface area contributed by atoms with Gasteiger partial charge in [0, 0.05) is 18.8 Å². The number of aryl methyl sites for hydroxylation is 1. The first-order valence-electron chi connectivity index (χ1n) is 9.30. The Morgan fingerprint density at radius 1 is 1.00 bits per heavy atom. The van der Waals surface area contributed by atoms with Crippen LogP contribution >= 0.6 is 0 Å². The maximum atomic E-state index is 12.9. The van der Waals surface area contributed by atoms with E-state index in [2.05, 4.69) is 10.6 Å². The van der Waals surface area contributed by atoms with Gasteiger partial charge in [0.25, 0.3) is 0 Å². The van der Waals surface area contributed by atoms with Crippen LogP contribution in [0.1, 0.15) is 31.2 Å². The third-order valence-electron chi connectivity index (χ3n) is 5.63. The number of urea groups is 1. The monoisotopic (exact) mass is 356 g/mol. The van der Waals surface area contributed by atoms with Gasteiger partial charge in [0.15, 0.2) is 0 Å². The van der Waals surface area contributed by atoms with Crippen molar-refractivity contribution in [2.24, 2.45) is 0 Å². The number of benzene rings is 1. The fourth-order valence-electron chi connectivity index (χ4n) is 4.28. The summed E-state index contributed by atoms with van der Waals surface area (Å²) in [7, 11) is 0. The van der Waals surface area contributed by atoms with E-state index in [1.54, 1.807) is 9.80 Å². The molecule has 3 aliphatic rings. The average Bonchev–Trinajstić information content (AvgIpc) is 3.05. The van der Waals surface area contributed by atoms with Crippen molar-refractivity contribution in [3.05, 3.63) is 29.8 Å². The molecule has 3 atom stereocenters. The number of rotatable bonds is 2. The van der Waals surface area contributed by atoms with E-state index in [0.717, 1.165) is 24.8 Å². The molecular weight excluding hydrogens is 332 g/mol. The normalized spacial score (nSPS) is 27.8. The van der Waals surface area contributed by atoms with Gasteiger partial charge in [0.05, 0.1) is 6.04 Å². The molecule has 0 bridgehead atoms. The summed E-state index contributed by atoms with van der Waals surface area (Å²) < 4.78 is 0. The Labute approximate surface area is 152 Å². The van der Waals surface area contributed by atoms with Crippen LogP contribution in [0.4, 0.5) is 10.5 Å². The third kappa shape index (κ3) is 2.91. The zero-order valence-corrected chi connectivity index (χ0v) is 14.9. The van der Waals surface area contributed by atoms with E-state index in [9.17, 15) is 14.4 Å². The predicted molar refractivity (Wildman–Crippen MR) is 96.6 cm³/mol. The lowest BCUT2D eigenvalue weighted by Gasteiger charge is -2.45. The molecule has 7 nitrogen and oxygen atoms in total. The van der Waals surface area contributed by atoms with E-state index >= 15 is 0 Å². The summed E-state index contributed by atoms with van der Waals surface area (Å²) in [5, 5.41) is 5.69. The van der Waals surface area contributed by atoms with Crippen LogP contribution in [0, 0.1) is 6.92 Å². The van der Waals surface area contributed by atoms with E-state index in [1.807, 2.05) is 31.2 Å². The molecule has 1 aromatic rings. The molecule has 3 aliphatic heterocycles. The molecule has 0 saturated carbocycles. The molecule has 0 aromatic heterocycles. The molecular formula is C19H24N4O3. The number of carbonyl (C=O) groups is 3. The molecule has 0 radical (unpaired) electrons. The first kappa shape index (κ1) is 16.9. The standard InChI is InChI=1S/C19H24N4O3/c1-12-5-7-13(8-6-12)20-19(26)21-14-9-11-23-16(14)18(25)22-10-3-2-4-15(22)17(23)24/h5-8,14-16H,2-4,9-11H2,1H3,(H2,20,21,26)/t14-,15+,16-/m0/s1. The highest BCUT2D eigenvalue weighted by atomic mass is 16.2. The summed E-state index contributed by atoms with van der Waals surface area (Å²) in [6.45, 7) is 3.15. The molecule has 0 unspecified atom stereocenters. The summed E-state index contributed by atoms with van der Waals surface area (Å²) in [5.41, 5.74) is 1.81. The Balaban J connectivity index is 1.45. The quantitative estimate of drug-likeness (QED) is 0.842. The molecule has 7 heteroatoms. The van der Waals surface area contributed by atoms with Gasteiger partial charge in [-0.3, -0.25) is 9.59 Å². The number of amides is 4. The number of hydrogen-bond acceptors (Lipinski definition) is 3. The van der Waals surface area contributed by atoms with Crippen molar-refractivity contribution in [1.29, 1.82) is 0 Å². The fourth-order valence-corrected chi connectivity index (χ4v) is 4.28. The largest absolute Gasteiger partial charge is 0.332 e. The van der Waals surface area contributed by atoms with Crippen LogP contribution in [0.15, 0.2) is 24.3 Å². The van der Waals surface area contributed by atoms with Gasteiger partial charge < -0.3 is 20.4 Å². The van der Waals surface area contributed by atoms with Crippen LogP contribution in [0.2, 0.25) is 0 Å². The molecule has 3 saturated heterocycles. The molecule has 0 aliphatic carbocycles. The maximum Gasteiger partial charge on any atom is 0.319 e. The van der Waals surface area contributed by atoms with Crippen molar-refractivity contribution in [2.45, 2.75) is 50.7 Å². The van der Waals surface area contributed by atoms with Crippen LogP contribution < -0.4 is 10.6 Å². The number of piperidine rings is 1. The summed E-state index contributed by atoms with van der Waals surface area (Å²) >= 11 is 0. The molecule has 26 heavy (non-hydrogen) atoms. The fraction of sp³-hybridized carbons (Fsp3) is 0.526. The van der Waals surface area contributed by atoms with Crippen LogP contribution in [-0.2, 0) is 9.59 Å². The molecule has 0 spiro atoms. The minimum absolute atomic E-state index is 0.0209. The van der Waals surface area contributed by atoms with Gasteiger partial charge in [-0.05, 0) is 44.7 Å². The molecule has 4 amide bonds. The van der Waals surface area contributed by atoms with Gasteiger partial charge in [-0.15, -0.1) is 0 Å². The minimum Gasteiger partial charge on any atom is -0.332 e. The van der Waals surface area contributed by atoms with E-state index in [1.165, 1.54) is 0 Å². The molecule has 2 N–H and O–H groups in total. The van der Waals surface area contributed by atoms with E-state index in [4.69, 9.17) is 0 Å². The van der Waals surface area contributed by atoms with Gasteiger partial charge in [0.2, 0.25) is 11.8 Å². The zero-order valence-electron chi connectivity index (χ0n) is 14.9. The van der Waals surface area contributed by atoms with Crippen molar-refractivity contribution >= 4 is 23.5 Å². The van der Waals surface area contributed by atoms with E-state index < -0.39 is 6.04 Å². The molecule has 3 fully saturated rings. The summed E-state index contributed by atoms with van der Waals surface area (Å²) in [6, 6.07) is 5.96. The molecule has 1 aromatic carbocycles. The van der Waals surface area contributed by atoms with Crippen LogP contribution in [0.25, 0.3) is 0 Å². The lowest BCUT2D eigenvalue weighted by atomic mass is 9.95. The highest BCUT2D eigenvalue weighted by molar-refractivity contribution is 5.99. The summed E-state index contributed by atoms with van der Waals surface area (Å²) in [4.78, 5) is 41.4. The minimum atomic E-state index is -0.569. The number of hydrogen-bond donors (Lipinski definition) is 2. The molecule has 138 valence electrons. The van der Waals surface area contributed by atoms with Gasteiger partial charge >= 0.3 is 6.03 Å². The second kappa shape index (κ2) is 6.63. The smallest absolute Gasteiger partial charge is 0.319 e. The van der Waals surface area contributed by atoms with Gasteiger partial charge in [0.1, 0.15) is 12.1 Å². The van der Waals surface area contributed by atoms with Gasteiger partial charge in [-0.25, -0.2) is 4.79 Å². The predicted octanol–water partition coefficient (Wildman–Crippen LogP) is 1.48. The maximum absolute atomic E-state index is 12.9. The number of carbonyl (C=O) groups excluding carboxylic acids is 3. The third-order valence-corrected chi connectivity index (χ3v) is 5.63. The van der Waals surface area contributed by atoms with Crippen molar-refractivity contribution in [3.8, 4) is 0 Å². The van der Waals surface area contributed by atoms with E-state index in [-0.39, 0.29) is 29.9 Å². The highest BCUT2D eigenvalue weighted by Crippen LogP contribution is 2.31. The molecule has 4 rings (SSSR count).